The van der Waals surface area contributed by atoms with Crippen LogP contribution >= 0.6 is 11.6 Å². The average Bonchev–Trinajstić information content (AvgIpc) is 2.73. The Balaban J connectivity index is 2.07. The first-order chi connectivity index (χ1) is 13.6. The first kappa shape index (κ1) is 22.7. The molecular weight excluding hydrogens is 368 g/mol. The lowest BCUT2D eigenvalue weighted by Gasteiger charge is -2.21. The van der Waals surface area contributed by atoms with Crippen LogP contribution in [0.4, 0.5) is 0 Å². The van der Waals surface area contributed by atoms with Crippen molar-refractivity contribution >= 4 is 28.3 Å². The summed E-state index contributed by atoms with van der Waals surface area (Å²) in [7, 11) is 1.39. The van der Waals surface area contributed by atoms with Gasteiger partial charge in [0.2, 0.25) is 0 Å². The predicted molar refractivity (Wildman–Crippen MR) is 120 cm³/mol. The highest BCUT2D eigenvalue weighted by Gasteiger charge is 2.25. The minimum Gasteiger partial charge on any atom is -0.468 e. The van der Waals surface area contributed by atoms with E-state index >= 15 is 0 Å². The zero-order chi connectivity index (χ0) is 20.4. The number of methoxy groups -OCH3 is 1. The Morgan fingerprint density at radius 2 is 1.61 bits per heavy atom. The third-order valence-corrected chi connectivity index (χ3v) is 6.08. The number of fused-ring (bicyclic) bond motifs is 1. The van der Waals surface area contributed by atoms with Crippen LogP contribution in [0.2, 0.25) is 0 Å². The van der Waals surface area contributed by atoms with Crippen LogP contribution in [-0.2, 0) is 9.53 Å². The molecule has 2 unspecified atom stereocenters. The van der Waals surface area contributed by atoms with Crippen molar-refractivity contribution in [3.63, 3.8) is 0 Å². The Morgan fingerprint density at radius 3 is 2.29 bits per heavy atom. The normalized spacial score (nSPS) is 13.4. The molecule has 2 aromatic carbocycles. The molecule has 2 atom stereocenters. The zero-order valence-electron chi connectivity index (χ0n) is 17.7. The summed E-state index contributed by atoms with van der Waals surface area (Å²) in [6.07, 6.45) is 11.7. The van der Waals surface area contributed by atoms with Crippen molar-refractivity contribution in [1.82, 2.24) is 0 Å². The van der Waals surface area contributed by atoms with E-state index in [4.69, 9.17) is 16.3 Å². The van der Waals surface area contributed by atoms with Gasteiger partial charge >= 0.3 is 5.97 Å². The van der Waals surface area contributed by atoms with Gasteiger partial charge in [-0.1, -0.05) is 102 Å². The van der Waals surface area contributed by atoms with Gasteiger partial charge < -0.3 is 4.74 Å². The number of ether oxygens (including phenoxy) is 1. The fourth-order valence-corrected chi connectivity index (χ4v) is 4.32. The molecule has 0 amide bonds. The smallest absolute Gasteiger partial charge is 0.328 e. The van der Waals surface area contributed by atoms with Gasteiger partial charge in [0.15, 0.2) is 5.38 Å². The first-order valence-electron chi connectivity index (χ1n) is 10.8. The number of alkyl halides is 1. The van der Waals surface area contributed by atoms with Gasteiger partial charge in [-0.15, -0.1) is 11.6 Å². The van der Waals surface area contributed by atoms with Crippen LogP contribution in [0.25, 0.3) is 10.8 Å². The lowest BCUT2D eigenvalue weighted by atomic mass is 9.86. The third-order valence-electron chi connectivity index (χ3n) is 5.67. The van der Waals surface area contributed by atoms with Crippen molar-refractivity contribution in [3.8, 4) is 0 Å². The Bertz CT molecular complexity index is 740. The molecule has 0 spiro atoms. The molecule has 0 aliphatic heterocycles. The maximum Gasteiger partial charge on any atom is 0.328 e. The van der Waals surface area contributed by atoms with Crippen LogP contribution in [0.5, 0.6) is 0 Å². The van der Waals surface area contributed by atoms with E-state index in [1.165, 1.54) is 74.8 Å². The Labute approximate surface area is 175 Å². The van der Waals surface area contributed by atoms with Crippen LogP contribution < -0.4 is 0 Å². The fraction of sp³-hybridized carbons (Fsp3) is 0.560. The van der Waals surface area contributed by atoms with E-state index in [1.54, 1.807) is 0 Å². The molecule has 0 fully saturated rings. The number of carbonyl (C=O) groups excluding carboxylic acids is 1. The molecule has 0 heterocycles. The highest BCUT2D eigenvalue weighted by atomic mass is 35.5. The zero-order valence-corrected chi connectivity index (χ0v) is 18.4. The minimum absolute atomic E-state index is 0.354. The van der Waals surface area contributed by atoms with Crippen molar-refractivity contribution in [2.45, 2.75) is 82.9 Å². The Hall–Kier alpha value is -1.54. The highest BCUT2D eigenvalue weighted by Crippen LogP contribution is 2.37. The molecule has 28 heavy (non-hydrogen) atoms. The summed E-state index contributed by atoms with van der Waals surface area (Å²) in [5.41, 5.74) is 2.09. The number of carbonyl (C=O) groups is 1. The summed E-state index contributed by atoms with van der Waals surface area (Å²) in [5, 5.41) is 1.63. The topological polar surface area (TPSA) is 26.3 Å². The standard InChI is InChI=1S/C25H35ClO2/c1-4-5-6-7-8-9-10-11-14-19(2)23-21-16-13-12-15-20(21)17-18-22(23)24(26)25(27)28-3/h12-13,15-19,24H,4-11,14H2,1-3H3. The SMILES string of the molecule is CCCCCCCCCCC(C)c1c(C(Cl)C(=O)OC)ccc2ccccc12. The molecule has 0 aliphatic rings. The molecule has 0 aliphatic carbocycles. The van der Waals surface area contributed by atoms with E-state index in [9.17, 15) is 4.79 Å². The number of esters is 1. The summed E-state index contributed by atoms with van der Waals surface area (Å²) in [6.45, 7) is 4.52. The summed E-state index contributed by atoms with van der Waals surface area (Å²) in [6, 6.07) is 12.4. The van der Waals surface area contributed by atoms with Gasteiger partial charge in [-0.05, 0) is 34.2 Å². The predicted octanol–water partition coefficient (Wildman–Crippen LogP) is 7.93. The van der Waals surface area contributed by atoms with Gasteiger partial charge in [-0.25, -0.2) is 0 Å². The molecule has 2 rings (SSSR count). The summed E-state index contributed by atoms with van der Waals surface area (Å²) >= 11 is 6.48. The van der Waals surface area contributed by atoms with Crippen LogP contribution in [0.3, 0.4) is 0 Å². The lowest BCUT2D eigenvalue weighted by Crippen LogP contribution is -2.12. The number of hydrogen-bond donors (Lipinski definition) is 0. The van der Waals surface area contributed by atoms with Gasteiger partial charge in [0.25, 0.3) is 0 Å². The first-order valence-corrected chi connectivity index (χ1v) is 11.3. The van der Waals surface area contributed by atoms with Gasteiger partial charge in [-0.3, -0.25) is 4.79 Å². The van der Waals surface area contributed by atoms with Crippen molar-refractivity contribution in [3.05, 3.63) is 47.5 Å². The lowest BCUT2D eigenvalue weighted by molar-refractivity contribution is -0.140. The molecule has 2 nitrogen and oxygen atoms in total. The summed E-state index contributed by atoms with van der Waals surface area (Å²) in [5.74, 6) is -0.0374. The average molecular weight is 403 g/mol. The number of hydrogen-bond acceptors (Lipinski definition) is 2. The van der Waals surface area contributed by atoms with Crippen molar-refractivity contribution < 1.29 is 9.53 Å². The van der Waals surface area contributed by atoms with E-state index in [0.29, 0.717) is 5.92 Å². The van der Waals surface area contributed by atoms with Gasteiger partial charge in [0.1, 0.15) is 0 Å². The molecule has 0 radical (unpaired) electrons. The molecule has 0 aromatic heterocycles. The van der Waals surface area contributed by atoms with Gasteiger partial charge in [0, 0.05) is 0 Å². The maximum absolute atomic E-state index is 12.1. The second-order valence-electron chi connectivity index (χ2n) is 7.84. The van der Waals surface area contributed by atoms with Gasteiger partial charge in [0.05, 0.1) is 7.11 Å². The van der Waals surface area contributed by atoms with E-state index in [-0.39, 0.29) is 0 Å². The second-order valence-corrected chi connectivity index (χ2v) is 8.28. The molecule has 0 N–H and O–H groups in total. The van der Waals surface area contributed by atoms with Crippen LogP contribution in [-0.4, -0.2) is 13.1 Å². The third kappa shape index (κ3) is 6.24. The second kappa shape index (κ2) is 12.1. The molecule has 2 aromatic rings. The van der Waals surface area contributed by atoms with E-state index < -0.39 is 11.3 Å². The van der Waals surface area contributed by atoms with Crippen molar-refractivity contribution in [1.29, 1.82) is 0 Å². The molecule has 0 saturated heterocycles. The van der Waals surface area contributed by atoms with Gasteiger partial charge in [-0.2, -0.15) is 0 Å². The van der Waals surface area contributed by atoms with Crippen molar-refractivity contribution in [2.75, 3.05) is 7.11 Å². The number of rotatable bonds is 12. The number of benzene rings is 2. The molecular formula is C25H35ClO2. The summed E-state index contributed by atoms with van der Waals surface area (Å²) < 4.78 is 4.90. The quantitative estimate of drug-likeness (QED) is 0.204. The largest absolute Gasteiger partial charge is 0.468 e. The summed E-state index contributed by atoms with van der Waals surface area (Å²) in [4.78, 5) is 12.1. The van der Waals surface area contributed by atoms with Crippen molar-refractivity contribution in [2.24, 2.45) is 0 Å². The van der Waals surface area contributed by atoms with Crippen LogP contribution in [0, 0.1) is 0 Å². The number of halogens is 1. The monoisotopic (exact) mass is 402 g/mol. The highest BCUT2D eigenvalue weighted by molar-refractivity contribution is 6.30. The molecule has 154 valence electrons. The van der Waals surface area contributed by atoms with Crippen LogP contribution in [0.15, 0.2) is 36.4 Å². The molecule has 0 saturated carbocycles. The number of unbranched alkanes of at least 4 members (excludes halogenated alkanes) is 7. The Kier molecular flexibility index (Phi) is 9.84. The Morgan fingerprint density at radius 1 is 0.964 bits per heavy atom. The van der Waals surface area contributed by atoms with E-state index in [1.807, 2.05) is 12.1 Å². The van der Waals surface area contributed by atoms with E-state index in [0.717, 1.165) is 12.0 Å². The molecule has 0 bridgehead atoms. The van der Waals surface area contributed by atoms with E-state index in [2.05, 4.69) is 38.1 Å². The van der Waals surface area contributed by atoms with Crippen LogP contribution in [0.1, 0.15) is 94.1 Å². The minimum atomic E-state index is -0.759. The maximum atomic E-state index is 12.1. The molecule has 3 heteroatoms. The fourth-order valence-electron chi connectivity index (χ4n) is 4.04.